The Labute approximate surface area is 177 Å². The molecule has 0 radical (unpaired) electrons. The molecule has 0 saturated heterocycles. The zero-order valence-corrected chi connectivity index (χ0v) is 18.0. The number of benzene rings is 2. The number of sulfonamides is 1. The fraction of sp³-hybridized carbons (Fsp3) is 0.316. The minimum Gasteiger partial charge on any atom is -0.335 e. The van der Waals surface area contributed by atoms with Crippen molar-refractivity contribution in [3.63, 3.8) is 0 Å². The maximum Gasteiger partial charge on any atom is 0.240 e. The normalized spacial score (nSPS) is 14.1. The fourth-order valence-electron chi connectivity index (χ4n) is 2.81. The van der Waals surface area contributed by atoms with E-state index in [2.05, 4.69) is 20.7 Å². The van der Waals surface area contributed by atoms with Crippen LogP contribution in [0, 0.1) is 5.82 Å². The average Bonchev–Trinajstić information content (AvgIpc) is 3.46. The molecule has 5 nitrogen and oxygen atoms in total. The van der Waals surface area contributed by atoms with Crippen LogP contribution in [-0.4, -0.2) is 31.8 Å². The van der Waals surface area contributed by atoms with Gasteiger partial charge < -0.3 is 4.90 Å². The Morgan fingerprint density at radius 2 is 1.96 bits per heavy atom. The van der Waals surface area contributed by atoms with Gasteiger partial charge in [-0.05, 0) is 43.2 Å². The number of rotatable bonds is 8. The van der Waals surface area contributed by atoms with E-state index in [-0.39, 0.29) is 46.9 Å². The minimum absolute atomic E-state index is 0.0181. The van der Waals surface area contributed by atoms with Crippen molar-refractivity contribution in [3.05, 3.63) is 63.3 Å². The van der Waals surface area contributed by atoms with E-state index in [0.29, 0.717) is 4.47 Å². The van der Waals surface area contributed by atoms with Crippen LogP contribution in [0.25, 0.3) is 0 Å². The molecule has 1 amide bonds. The number of halogens is 3. The van der Waals surface area contributed by atoms with Crippen molar-refractivity contribution in [3.8, 4) is 0 Å². The molecular formula is C19H19BrClFN2O3S. The van der Waals surface area contributed by atoms with Crippen LogP contribution in [0.2, 0.25) is 5.02 Å². The number of hydrogen-bond donors (Lipinski definition) is 1. The Morgan fingerprint density at radius 1 is 1.25 bits per heavy atom. The van der Waals surface area contributed by atoms with Gasteiger partial charge in [-0.25, -0.2) is 17.5 Å². The van der Waals surface area contributed by atoms with Crippen molar-refractivity contribution in [1.29, 1.82) is 0 Å². The Hall–Kier alpha value is -1.48. The van der Waals surface area contributed by atoms with Gasteiger partial charge in [-0.1, -0.05) is 39.7 Å². The summed E-state index contributed by atoms with van der Waals surface area (Å²) in [6.07, 6.45) is 1.68. The van der Waals surface area contributed by atoms with Crippen molar-refractivity contribution in [2.24, 2.45) is 0 Å². The second-order valence-corrected chi connectivity index (χ2v) is 9.65. The second kappa shape index (κ2) is 8.90. The van der Waals surface area contributed by atoms with Gasteiger partial charge in [0.25, 0.3) is 0 Å². The number of nitrogens with one attached hydrogen (secondary N) is 1. The summed E-state index contributed by atoms with van der Waals surface area (Å²) in [7, 11) is -3.71. The predicted molar refractivity (Wildman–Crippen MR) is 109 cm³/mol. The van der Waals surface area contributed by atoms with E-state index < -0.39 is 15.8 Å². The van der Waals surface area contributed by atoms with Gasteiger partial charge in [0, 0.05) is 34.1 Å². The molecule has 0 aliphatic heterocycles. The summed E-state index contributed by atoms with van der Waals surface area (Å²) in [5, 5.41) is 0.272. The maximum atomic E-state index is 14.1. The van der Waals surface area contributed by atoms with Gasteiger partial charge in [0.1, 0.15) is 5.82 Å². The lowest BCUT2D eigenvalue weighted by molar-refractivity contribution is -0.132. The highest BCUT2D eigenvalue weighted by molar-refractivity contribution is 9.10. The molecule has 0 spiro atoms. The topological polar surface area (TPSA) is 66.5 Å². The first-order valence-corrected chi connectivity index (χ1v) is 11.4. The Morgan fingerprint density at radius 3 is 2.61 bits per heavy atom. The van der Waals surface area contributed by atoms with Gasteiger partial charge in [0.2, 0.25) is 15.9 Å². The highest BCUT2D eigenvalue weighted by Crippen LogP contribution is 2.31. The van der Waals surface area contributed by atoms with Gasteiger partial charge in [0.05, 0.1) is 11.4 Å². The van der Waals surface area contributed by atoms with Gasteiger partial charge in [-0.15, -0.1) is 0 Å². The molecular weight excluding hydrogens is 471 g/mol. The summed E-state index contributed by atoms with van der Waals surface area (Å²) in [6.45, 7) is 0.0370. The molecule has 0 unspecified atom stereocenters. The van der Waals surface area contributed by atoms with Gasteiger partial charge in [-0.3, -0.25) is 4.79 Å². The predicted octanol–water partition coefficient (Wildman–Crippen LogP) is 4.10. The molecule has 3 rings (SSSR count). The van der Waals surface area contributed by atoms with Crippen LogP contribution >= 0.6 is 27.5 Å². The number of carbonyl (C=O) groups is 1. The van der Waals surface area contributed by atoms with Crippen molar-refractivity contribution in [2.45, 2.75) is 36.7 Å². The third kappa shape index (κ3) is 5.31. The first-order valence-electron chi connectivity index (χ1n) is 8.75. The van der Waals surface area contributed by atoms with Crippen LogP contribution in [-0.2, 0) is 21.4 Å². The quantitative estimate of drug-likeness (QED) is 0.607. The summed E-state index contributed by atoms with van der Waals surface area (Å²) in [4.78, 5) is 14.3. The number of hydrogen-bond acceptors (Lipinski definition) is 3. The highest BCUT2D eigenvalue weighted by Gasteiger charge is 2.33. The number of carbonyl (C=O) groups excluding carboxylic acids is 1. The van der Waals surface area contributed by atoms with Crippen LogP contribution < -0.4 is 4.72 Å². The Kier molecular flexibility index (Phi) is 6.75. The highest BCUT2D eigenvalue weighted by atomic mass is 79.9. The van der Waals surface area contributed by atoms with Crippen LogP contribution in [0.15, 0.2) is 51.8 Å². The third-order valence-electron chi connectivity index (χ3n) is 4.44. The van der Waals surface area contributed by atoms with E-state index in [0.717, 1.165) is 12.8 Å². The van der Waals surface area contributed by atoms with Crippen molar-refractivity contribution in [2.75, 3.05) is 6.54 Å². The molecule has 1 aliphatic carbocycles. The Bertz CT molecular complexity index is 963. The third-order valence-corrected chi connectivity index (χ3v) is 6.74. The zero-order chi connectivity index (χ0) is 20.3. The largest absolute Gasteiger partial charge is 0.335 e. The van der Waals surface area contributed by atoms with E-state index in [1.807, 2.05) is 0 Å². The van der Waals surface area contributed by atoms with Crippen LogP contribution in [0.1, 0.15) is 24.8 Å². The standard InChI is InChI=1S/C19H19BrClFN2O3S/c20-13-3-1-4-15(11-13)28(26,27)23-10-9-19(25)24(14-7-8-14)12-16-17(21)5-2-6-18(16)22/h1-6,11,14,23H,7-10,12H2. The smallest absolute Gasteiger partial charge is 0.240 e. The molecule has 2 aromatic carbocycles. The first-order chi connectivity index (χ1) is 13.3. The molecule has 1 saturated carbocycles. The zero-order valence-electron chi connectivity index (χ0n) is 14.9. The molecule has 1 aliphatic rings. The van der Waals surface area contributed by atoms with Crippen molar-refractivity contribution < 1.29 is 17.6 Å². The molecule has 28 heavy (non-hydrogen) atoms. The average molecular weight is 490 g/mol. The second-order valence-electron chi connectivity index (χ2n) is 6.56. The minimum atomic E-state index is -3.71. The van der Waals surface area contributed by atoms with Crippen molar-refractivity contribution in [1.82, 2.24) is 9.62 Å². The van der Waals surface area contributed by atoms with Gasteiger partial charge >= 0.3 is 0 Å². The monoisotopic (exact) mass is 488 g/mol. The molecule has 1 N–H and O–H groups in total. The van der Waals surface area contributed by atoms with Gasteiger partial charge in [-0.2, -0.15) is 0 Å². The lowest BCUT2D eigenvalue weighted by Crippen LogP contribution is -2.36. The van der Waals surface area contributed by atoms with Gasteiger partial charge in [0.15, 0.2) is 0 Å². The maximum absolute atomic E-state index is 14.1. The van der Waals surface area contributed by atoms with Crippen LogP contribution in [0.3, 0.4) is 0 Å². The molecule has 0 heterocycles. The van der Waals surface area contributed by atoms with Crippen LogP contribution in [0.5, 0.6) is 0 Å². The molecule has 0 bridgehead atoms. The first kappa shape index (κ1) is 21.2. The summed E-state index contributed by atoms with van der Waals surface area (Å²) >= 11 is 9.31. The summed E-state index contributed by atoms with van der Waals surface area (Å²) in [5.41, 5.74) is 0.277. The van der Waals surface area contributed by atoms with E-state index in [1.54, 1.807) is 23.1 Å². The lowest BCUT2D eigenvalue weighted by Gasteiger charge is -2.23. The summed E-state index contributed by atoms with van der Waals surface area (Å²) < 4.78 is 41.8. The molecule has 150 valence electrons. The fourth-order valence-corrected chi connectivity index (χ4v) is 4.67. The lowest BCUT2D eigenvalue weighted by atomic mass is 10.2. The summed E-state index contributed by atoms with van der Waals surface area (Å²) in [6, 6.07) is 10.8. The molecule has 0 atom stereocenters. The van der Waals surface area contributed by atoms with E-state index >= 15 is 0 Å². The van der Waals surface area contributed by atoms with E-state index in [1.165, 1.54) is 24.3 Å². The molecule has 2 aromatic rings. The SMILES string of the molecule is O=C(CCNS(=O)(=O)c1cccc(Br)c1)N(Cc1c(F)cccc1Cl)C1CC1. The molecule has 1 fully saturated rings. The number of nitrogens with zero attached hydrogens (tertiary/aromatic N) is 1. The number of amides is 1. The van der Waals surface area contributed by atoms with Crippen LogP contribution in [0.4, 0.5) is 4.39 Å². The molecule has 0 aromatic heterocycles. The van der Waals surface area contributed by atoms with Crippen molar-refractivity contribution >= 4 is 43.5 Å². The van der Waals surface area contributed by atoms with E-state index in [9.17, 15) is 17.6 Å². The molecule has 9 heteroatoms. The Balaban J connectivity index is 1.62. The van der Waals surface area contributed by atoms with E-state index in [4.69, 9.17) is 11.6 Å². The summed E-state index contributed by atoms with van der Waals surface area (Å²) in [5.74, 6) is -0.694.